The van der Waals surface area contributed by atoms with Crippen molar-refractivity contribution >= 4 is 27.5 Å². The van der Waals surface area contributed by atoms with E-state index in [9.17, 15) is 4.79 Å². The molecule has 18 heavy (non-hydrogen) atoms. The Kier molecular flexibility index (Phi) is 3.95. The van der Waals surface area contributed by atoms with Crippen molar-refractivity contribution in [2.75, 3.05) is 18.8 Å². The lowest BCUT2D eigenvalue weighted by atomic mass is 9.95. The van der Waals surface area contributed by atoms with Gasteiger partial charge < -0.3 is 10.6 Å². The molecule has 3 nitrogen and oxygen atoms in total. The van der Waals surface area contributed by atoms with Crippen LogP contribution in [0.1, 0.15) is 30.6 Å². The van der Waals surface area contributed by atoms with E-state index in [1.54, 1.807) is 6.07 Å². The first-order chi connectivity index (χ1) is 8.50. The summed E-state index contributed by atoms with van der Waals surface area (Å²) in [5.41, 5.74) is 7.09. The summed E-state index contributed by atoms with van der Waals surface area (Å²) in [7, 11) is 0. The molecular weight excluding hydrogens is 292 g/mol. The largest absolute Gasteiger partial charge is 0.398 e. The van der Waals surface area contributed by atoms with Gasteiger partial charge in [-0.3, -0.25) is 4.79 Å². The van der Waals surface area contributed by atoms with E-state index in [1.165, 1.54) is 0 Å². The summed E-state index contributed by atoms with van der Waals surface area (Å²) in [5.74, 6) is 1.33. The minimum absolute atomic E-state index is 0.0809. The zero-order valence-corrected chi connectivity index (χ0v) is 12.4. The third kappa shape index (κ3) is 2.53. The van der Waals surface area contributed by atoms with Crippen LogP contribution in [0.5, 0.6) is 0 Å². The topological polar surface area (TPSA) is 46.3 Å². The Labute approximate surface area is 116 Å². The number of carbonyl (C=O) groups excluding carboxylic acids is 1. The van der Waals surface area contributed by atoms with Crippen molar-refractivity contribution in [2.45, 2.75) is 20.3 Å². The molecule has 0 radical (unpaired) electrons. The number of nitrogen functional groups attached to an aromatic ring is 1. The number of rotatable bonds is 2. The number of benzene rings is 1. The monoisotopic (exact) mass is 310 g/mol. The number of nitrogens with two attached hydrogens (primary N) is 1. The summed E-state index contributed by atoms with van der Waals surface area (Å²) in [6.45, 7) is 6.14. The van der Waals surface area contributed by atoms with Crippen LogP contribution in [0.4, 0.5) is 5.69 Å². The van der Waals surface area contributed by atoms with E-state index in [-0.39, 0.29) is 5.91 Å². The molecule has 1 amide bonds. The molecule has 1 aliphatic rings. The minimum Gasteiger partial charge on any atom is -0.398 e. The second-order valence-corrected chi connectivity index (χ2v) is 6.05. The summed E-state index contributed by atoms with van der Waals surface area (Å²) >= 11 is 3.40. The molecule has 1 atom stereocenters. The number of amides is 1. The Hall–Kier alpha value is -1.03. The third-order valence-corrected chi connectivity index (χ3v) is 4.60. The lowest BCUT2D eigenvalue weighted by molar-refractivity contribution is 0.0783. The molecular formula is C14H19BrN2O. The second-order valence-electron chi connectivity index (χ2n) is 5.25. The van der Waals surface area contributed by atoms with Gasteiger partial charge in [0.1, 0.15) is 0 Å². The lowest BCUT2D eigenvalue weighted by Crippen LogP contribution is -2.29. The van der Waals surface area contributed by atoms with E-state index in [2.05, 4.69) is 29.8 Å². The van der Waals surface area contributed by atoms with Gasteiger partial charge in [0, 0.05) is 18.8 Å². The highest BCUT2D eigenvalue weighted by atomic mass is 79.9. The fourth-order valence-electron chi connectivity index (χ4n) is 2.40. The quantitative estimate of drug-likeness (QED) is 0.853. The van der Waals surface area contributed by atoms with Crippen LogP contribution < -0.4 is 5.73 Å². The number of halogens is 1. The molecule has 1 saturated heterocycles. The fourth-order valence-corrected chi connectivity index (χ4v) is 2.84. The van der Waals surface area contributed by atoms with Crippen molar-refractivity contribution in [1.29, 1.82) is 0 Å². The van der Waals surface area contributed by atoms with Crippen molar-refractivity contribution in [3.8, 4) is 0 Å². The highest BCUT2D eigenvalue weighted by Gasteiger charge is 2.29. The number of hydrogen-bond donors (Lipinski definition) is 1. The van der Waals surface area contributed by atoms with Gasteiger partial charge in [0.05, 0.1) is 10.0 Å². The van der Waals surface area contributed by atoms with E-state index in [0.717, 1.165) is 19.5 Å². The summed E-state index contributed by atoms with van der Waals surface area (Å²) in [6.07, 6.45) is 1.10. The van der Waals surface area contributed by atoms with Crippen LogP contribution >= 0.6 is 15.9 Å². The Morgan fingerprint density at radius 3 is 2.83 bits per heavy atom. The van der Waals surface area contributed by atoms with Crippen LogP contribution in [-0.2, 0) is 0 Å². The van der Waals surface area contributed by atoms with Crippen LogP contribution in [-0.4, -0.2) is 23.9 Å². The molecule has 1 aromatic rings. The fraction of sp³-hybridized carbons (Fsp3) is 0.500. The van der Waals surface area contributed by atoms with Gasteiger partial charge in [-0.1, -0.05) is 19.9 Å². The number of anilines is 1. The Morgan fingerprint density at radius 1 is 1.50 bits per heavy atom. The van der Waals surface area contributed by atoms with E-state index >= 15 is 0 Å². The number of carbonyl (C=O) groups is 1. The Morgan fingerprint density at radius 2 is 2.22 bits per heavy atom. The first-order valence-corrected chi connectivity index (χ1v) is 7.13. The van der Waals surface area contributed by atoms with Gasteiger partial charge in [-0.15, -0.1) is 0 Å². The molecule has 1 aromatic carbocycles. The normalized spacial score (nSPS) is 19.6. The SMILES string of the molecule is CC(C)C1CCN(C(=O)c2cccc(N)c2Br)C1. The van der Waals surface area contributed by atoms with Gasteiger partial charge in [0.15, 0.2) is 0 Å². The van der Waals surface area contributed by atoms with E-state index in [0.29, 0.717) is 27.6 Å². The molecule has 1 heterocycles. The van der Waals surface area contributed by atoms with Crippen LogP contribution in [0.3, 0.4) is 0 Å². The average molecular weight is 311 g/mol. The molecule has 4 heteroatoms. The number of hydrogen-bond acceptors (Lipinski definition) is 2. The standard InChI is InChI=1S/C14H19BrN2O/c1-9(2)10-6-7-17(8-10)14(18)11-4-3-5-12(16)13(11)15/h3-5,9-10H,6-8,16H2,1-2H3. The maximum atomic E-state index is 12.4. The van der Waals surface area contributed by atoms with Crippen LogP contribution in [0.25, 0.3) is 0 Å². The summed E-state index contributed by atoms with van der Waals surface area (Å²) in [4.78, 5) is 14.4. The van der Waals surface area contributed by atoms with Gasteiger partial charge >= 0.3 is 0 Å². The maximum absolute atomic E-state index is 12.4. The zero-order chi connectivity index (χ0) is 13.3. The summed E-state index contributed by atoms with van der Waals surface area (Å²) in [5, 5.41) is 0. The van der Waals surface area contributed by atoms with Gasteiger partial charge in [-0.2, -0.15) is 0 Å². The second kappa shape index (κ2) is 5.31. The molecule has 0 saturated carbocycles. The van der Waals surface area contributed by atoms with Gasteiger partial charge in [-0.05, 0) is 46.3 Å². The van der Waals surface area contributed by atoms with Crippen molar-refractivity contribution in [3.63, 3.8) is 0 Å². The molecule has 0 aromatic heterocycles. The smallest absolute Gasteiger partial charge is 0.255 e. The van der Waals surface area contributed by atoms with Crippen molar-refractivity contribution < 1.29 is 4.79 Å². The van der Waals surface area contributed by atoms with Crippen LogP contribution in [0.2, 0.25) is 0 Å². The molecule has 2 rings (SSSR count). The Bertz CT molecular complexity index is 459. The molecule has 1 unspecified atom stereocenters. The first-order valence-electron chi connectivity index (χ1n) is 6.34. The van der Waals surface area contributed by atoms with Gasteiger partial charge in [-0.25, -0.2) is 0 Å². The van der Waals surface area contributed by atoms with Crippen LogP contribution in [0.15, 0.2) is 22.7 Å². The lowest BCUT2D eigenvalue weighted by Gasteiger charge is -2.19. The number of likely N-dealkylation sites (tertiary alicyclic amines) is 1. The third-order valence-electron chi connectivity index (χ3n) is 3.71. The summed E-state index contributed by atoms with van der Waals surface area (Å²) in [6, 6.07) is 5.44. The predicted octanol–water partition coefficient (Wildman–Crippen LogP) is 3.15. The summed E-state index contributed by atoms with van der Waals surface area (Å²) < 4.78 is 0.711. The molecule has 0 spiro atoms. The minimum atomic E-state index is 0.0809. The zero-order valence-electron chi connectivity index (χ0n) is 10.8. The van der Waals surface area contributed by atoms with E-state index < -0.39 is 0 Å². The molecule has 1 fully saturated rings. The Balaban J connectivity index is 2.16. The molecule has 1 aliphatic heterocycles. The highest BCUT2D eigenvalue weighted by molar-refractivity contribution is 9.10. The van der Waals surface area contributed by atoms with E-state index in [1.807, 2.05) is 17.0 Å². The predicted molar refractivity (Wildman–Crippen MR) is 77.4 cm³/mol. The van der Waals surface area contributed by atoms with Gasteiger partial charge in [0.2, 0.25) is 0 Å². The molecule has 98 valence electrons. The molecule has 0 aliphatic carbocycles. The van der Waals surface area contributed by atoms with Crippen LogP contribution in [0, 0.1) is 11.8 Å². The maximum Gasteiger partial charge on any atom is 0.255 e. The van der Waals surface area contributed by atoms with Crippen molar-refractivity contribution in [3.05, 3.63) is 28.2 Å². The number of nitrogens with zero attached hydrogens (tertiary/aromatic N) is 1. The average Bonchev–Trinajstić information content (AvgIpc) is 2.81. The van der Waals surface area contributed by atoms with Gasteiger partial charge in [0.25, 0.3) is 5.91 Å². The molecule has 2 N–H and O–H groups in total. The first kappa shape index (κ1) is 13.4. The van der Waals surface area contributed by atoms with E-state index in [4.69, 9.17) is 5.73 Å². The van der Waals surface area contributed by atoms with Crippen molar-refractivity contribution in [1.82, 2.24) is 4.90 Å². The highest BCUT2D eigenvalue weighted by Crippen LogP contribution is 2.29. The van der Waals surface area contributed by atoms with Crippen molar-refractivity contribution in [2.24, 2.45) is 11.8 Å². The molecule has 0 bridgehead atoms.